The van der Waals surface area contributed by atoms with Crippen LogP contribution in [0.5, 0.6) is 0 Å². The summed E-state index contributed by atoms with van der Waals surface area (Å²) in [6, 6.07) is 5.75. The predicted molar refractivity (Wildman–Crippen MR) is 106 cm³/mol. The van der Waals surface area contributed by atoms with E-state index in [-0.39, 0.29) is 24.2 Å². The van der Waals surface area contributed by atoms with Gasteiger partial charge in [0.2, 0.25) is 5.91 Å². The number of carbonyl (C=O) groups is 3. The topological polar surface area (TPSA) is 110 Å². The van der Waals surface area contributed by atoms with Crippen molar-refractivity contribution in [1.82, 2.24) is 25.7 Å². The van der Waals surface area contributed by atoms with E-state index in [9.17, 15) is 14.4 Å². The molecule has 152 valence electrons. The Labute approximate surface area is 167 Å². The van der Waals surface area contributed by atoms with Crippen molar-refractivity contribution < 1.29 is 14.4 Å². The molecule has 2 saturated heterocycles. The molecule has 5 rings (SSSR count). The Balaban J connectivity index is 1.18. The molecule has 1 unspecified atom stereocenters. The molecule has 0 spiro atoms. The first-order chi connectivity index (χ1) is 14.0. The SMILES string of the molecule is O=C1NC(=O)C(CCC(=O)N2CCN(c3ccc4[nH]ncc4c3)CC2)(C2CC2)N1. The molecule has 1 aliphatic carbocycles. The number of nitrogens with zero attached hydrogens (tertiary/aromatic N) is 3. The van der Waals surface area contributed by atoms with Crippen molar-refractivity contribution in [1.29, 1.82) is 0 Å². The lowest BCUT2D eigenvalue weighted by Gasteiger charge is -2.36. The van der Waals surface area contributed by atoms with Gasteiger partial charge < -0.3 is 15.1 Å². The summed E-state index contributed by atoms with van der Waals surface area (Å²) >= 11 is 0. The monoisotopic (exact) mass is 396 g/mol. The molecule has 0 radical (unpaired) electrons. The van der Waals surface area contributed by atoms with Gasteiger partial charge in [-0.25, -0.2) is 4.79 Å². The van der Waals surface area contributed by atoms with E-state index in [4.69, 9.17) is 0 Å². The van der Waals surface area contributed by atoms with Crippen molar-refractivity contribution in [2.24, 2.45) is 5.92 Å². The molecule has 2 aromatic rings. The normalized spacial score (nSPS) is 24.7. The molecule has 3 fully saturated rings. The number of rotatable bonds is 5. The lowest BCUT2D eigenvalue weighted by atomic mass is 9.87. The van der Waals surface area contributed by atoms with Gasteiger partial charge in [0.25, 0.3) is 5.91 Å². The van der Waals surface area contributed by atoms with Gasteiger partial charge >= 0.3 is 6.03 Å². The van der Waals surface area contributed by atoms with E-state index in [1.54, 1.807) is 0 Å². The summed E-state index contributed by atoms with van der Waals surface area (Å²) in [5.41, 5.74) is 1.24. The zero-order valence-corrected chi connectivity index (χ0v) is 16.1. The first kappa shape index (κ1) is 18.0. The number of H-pyrrole nitrogens is 1. The van der Waals surface area contributed by atoms with Gasteiger partial charge in [-0.1, -0.05) is 0 Å². The molecular formula is C20H24N6O3. The van der Waals surface area contributed by atoms with Crippen LogP contribution in [0.4, 0.5) is 10.5 Å². The van der Waals surface area contributed by atoms with Gasteiger partial charge in [-0.15, -0.1) is 0 Å². The van der Waals surface area contributed by atoms with Crippen molar-refractivity contribution in [2.45, 2.75) is 31.2 Å². The van der Waals surface area contributed by atoms with Crippen LogP contribution >= 0.6 is 0 Å². The van der Waals surface area contributed by atoms with E-state index < -0.39 is 11.6 Å². The van der Waals surface area contributed by atoms with Crippen molar-refractivity contribution >= 4 is 34.4 Å². The van der Waals surface area contributed by atoms with Crippen LogP contribution in [0.25, 0.3) is 10.9 Å². The van der Waals surface area contributed by atoms with Crippen LogP contribution in [0, 0.1) is 5.92 Å². The van der Waals surface area contributed by atoms with Crippen LogP contribution in [-0.2, 0) is 9.59 Å². The quantitative estimate of drug-likeness (QED) is 0.653. The van der Waals surface area contributed by atoms with Crippen LogP contribution in [0.1, 0.15) is 25.7 Å². The maximum Gasteiger partial charge on any atom is 0.322 e. The highest BCUT2D eigenvalue weighted by molar-refractivity contribution is 6.07. The Bertz CT molecular complexity index is 976. The molecule has 1 aromatic carbocycles. The number of aromatic amines is 1. The number of nitrogens with one attached hydrogen (secondary N) is 3. The zero-order valence-electron chi connectivity index (χ0n) is 16.1. The van der Waals surface area contributed by atoms with Gasteiger partial charge in [0.1, 0.15) is 5.54 Å². The third-order valence-corrected chi connectivity index (χ3v) is 6.40. The first-order valence-corrected chi connectivity index (χ1v) is 10.1. The average Bonchev–Trinajstić information content (AvgIpc) is 3.40. The van der Waals surface area contributed by atoms with Crippen molar-refractivity contribution in [3.63, 3.8) is 0 Å². The van der Waals surface area contributed by atoms with Crippen molar-refractivity contribution in [3.05, 3.63) is 24.4 Å². The van der Waals surface area contributed by atoms with Crippen LogP contribution in [0.3, 0.4) is 0 Å². The number of benzene rings is 1. The van der Waals surface area contributed by atoms with Gasteiger partial charge in [-0.3, -0.25) is 20.0 Å². The molecule has 2 aliphatic heterocycles. The highest BCUT2D eigenvalue weighted by Gasteiger charge is 2.55. The van der Waals surface area contributed by atoms with E-state index in [1.165, 1.54) is 0 Å². The maximum absolute atomic E-state index is 12.8. The highest BCUT2D eigenvalue weighted by atomic mass is 16.2. The van der Waals surface area contributed by atoms with E-state index in [0.717, 1.165) is 42.5 Å². The average molecular weight is 396 g/mol. The minimum atomic E-state index is -0.894. The fourth-order valence-corrected chi connectivity index (χ4v) is 4.55. The molecule has 29 heavy (non-hydrogen) atoms. The first-order valence-electron chi connectivity index (χ1n) is 10.1. The van der Waals surface area contributed by atoms with Crippen LogP contribution < -0.4 is 15.5 Å². The molecule has 1 saturated carbocycles. The van der Waals surface area contributed by atoms with Gasteiger partial charge in [0.05, 0.1) is 11.7 Å². The third-order valence-electron chi connectivity index (χ3n) is 6.40. The number of aromatic nitrogens is 2. The molecule has 0 bridgehead atoms. The van der Waals surface area contributed by atoms with Gasteiger partial charge in [0.15, 0.2) is 0 Å². The fourth-order valence-electron chi connectivity index (χ4n) is 4.55. The highest BCUT2D eigenvalue weighted by Crippen LogP contribution is 2.43. The molecular weight excluding hydrogens is 372 g/mol. The number of hydrogen-bond donors (Lipinski definition) is 3. The van der Waals surface area contributed by atoms with Crippen molar-refractivity contribution in [2.75, 3.05) is 31.1 Å². The van der Waals surface area contributed by atoms with Crippen molar-refractivity contribution in [3.8, 4) is 0 Å². The molecule has 1 aromatic heterocycles. The minimum absolute atomic E-state index is 0.0453. The number of carbonyl (C=O) groups excluding carboxylic acids is 3. The molecule has 3 aliphatic rings. The number of fused-ring (bicyclic) bond motifs is 1. The molecule has 9 heteroatoms. The summed E-state index contributed by atoms with van der Waals surface area (Å²) in [6.45, 7) is 2.83. The molecule has 4 amide bonds. The number of anilines is 1. The largest absolute Gasteiger partial charge is 0.368 e. The summed E-state index contributed by atoms with van der Waals surface area (Å²) in [5, 5.41) is 13.2. The molecule has 1 atom stereocenters. The maximum atomic E-state index is 12.8. The lowest BCUT2D eigenvalue weighted by Crippen LogP contribution is -2.51. The minimum Gasteiger partial charge on any atom is -0.368 e. The smallest absolute Gasteiger partial charge is 0.322 e. The third kappa shape index (κ3) is 3.20. The number of imide groups is 1. The Morgan fingerprint density at radius 2 is 1.97 bits per heavy atom. The van der Waals surface area contributed by atoms with Crippen LogP contribution in [-0.4, -0.2) is 64.7 Å². The van der Waals surface area contributed by atoms with E-state index in [0.29, 0.717) is 19.5 Å². The second-order valence-corrected chi connectivity index (χ2v) is 8.16. The molecule has 3 N–H and O–H groups in total. The van der Waals surface area contributed by atoms with Gasteiger partial charge in [0, 0.05) is 43.7 Å². The summed E-state index contributed by atoms with van der Waals surface area (Å²) in [4.78, 5) is 40.8. The van der Waals surface area contributed by atoms with Crippen LogP contribution in [0.15, 0.2) is 24.4 Å². The molecule has 9 nitrogen and oxygen atoms in total. The second kappa shape index (κ2) is 6.75. The number of hydrogen-bond acceptors (Lipinski definition) is 5. The Morgan fingerprint density at radius 3 is 2.66 bits per heavy atom. The summed E-state index contributed by atoms with van der Waals surface area (Å²) in [7, 11) is 0. The summed E-state index contributed by atoms with van der Waals surface area (Å²) in [5.74, 6) is -0.0856. The predicted octanol–water partition coefficient (Wildman–Crippen LogP) is 0.980. The zero-order chi connectivity index (χ0) is 20.0. The van der Waals surface area contributed by atoms with E-state index in [2.05, 4.69) is 37.9 Å². The number of piperazine rings is 1. The molecule has 3 heterocycles. The van der Waals surface area contributed by atoms with Gasteiger partial charge in [-0.2, -0.15) is 5.10 Å². The number of amides is 4. The van der Waals surface area contributed by atoms with Gasteiger partial charge in [-0.05, 0) is 43.4 Å². The number of urea groups is 1. The summed E-state index contributed by atoms with van der Waals surface area (Å²) in [6.07, 6.45) is 4.28. The summed E-state index contributed by atoms with van der Waals surface area (Å²) < 4.78 is 0. The Hall–Kier alpha value is -3.10. The van der Waals surface area contributed by atoms with E-state index >= 15 is 0 Å². The van der Waals surface area contributed by atoms with Crippen LogP contribution in [0.2, 0.25) is 0 Å². The Kier molecular flexibility index (Phi) is 4.18. The van der Waals surface area contributed by atoms with E-state index in [1.807, 2.05) is 17.2 Å². The Morgan fingerprint density at radius 1 is 1.17 bits per heavy atom. The standard InChI is InChI=1S/C20H24N6O3/c27-17(5-6-20(14-1-2-14)18(28)22-19(29)23-20)26-9-7-25(8-10-26)15-3-4-16-13(11-15)12-21-24-16/h3-4,11-12,14H,1-2,5-10H2,(H,21,24)(H2,22,23,28,29). The second-order valence-electron chi connectivity index (χ2n) is 8.16. The lowest BCUT2D eigenvalue weighted by molar-refractivity contribution is -0.132. The fraction of sp³-hybridized carbons (Fsp3) is 0.500.